The first-order valence-corrected chi connectivity index (χ1v) is 8.08. The Kier molecular flexibility index (Phi) is 4.25. The van der Waals surface area contributed by atoms with Gasteiger partial charge in [-0.2, -0.15) is 22.3 Å². The van der Waals surface area contributed by atoms with Gasteiger partial charge in [-0.3, -0.25) is 0 Å². The molecule has 2 heterocycles. The van der Waals surface area contributed by atoms with Crippen LogP contribution in [0.3, 0.4) is 0 Å². The molecule has 0 aromatic carbocycles. The summed E-state index contributed by atoms with van der Waals surface area (Å²) in [5.41, 5.74) is 0. The summed E-state index contributed by atoms with van der Waals surface area (Å²) in [7, 11) is -3.34. The monoisotopic (exact) mass is 271 g/mol. The van der Waals surface area contributed by atoms with Gasteiger partial charge in [-0.1, -0.05) is 6.92 Å². The van der Waals surface area contributed by atoms with Gasteiger partial charge in [0.05, 0.1) is 12.0 Å². The van der Waals surface area contributed by atoms with Crippen LogP contribution in [0, 0.1) is 23.2 Å². The van der Waals surface area contributed by atoms with E-state index in [-0.39, 0.29) is 5.92 Å². The van der Waals surface area contributed by atoms with Crippen LogP contribution in [0.15, 0.2) is 0 Å². The van der Waals surface area contributed by atoms with Gasteiger partial charge in [-0.15, -0.1) is 0 Å². The van der Waals surface area contributed by atoms with Gasteiger partial charge in [0.15, 0.2) is 0 Å². The topological polar surface area (TPSA) is 64.4 Å². The van der Waals surface area contributed by atoms with Crippen LogP contribution in [0.4, 0.5) is 0 Å². The molecule has 18 heavy (non-hydrogen) atoms. The average molecular weight is 271 g/mol. The molecule has 0 saturated carbocycles. The molecule has 1 atom stereocenters. The fourth-order valence-corrected chi connectivity index (χ4v) is 4.36. The third kappa shape index (κ3) is 2.85. The number of hydrogen-bond acceptors (Lipinski definition) is 3. The number of rotatable bonds is 2. The van der Waals surface area contributed by atoms with Crippen molar-refractivity contribution in [3.63, 3.8) is 0 Å². The van der Waals surface area contributed by atoms with E-state index in [1.807, 2.05) is 0 Å². The Hall–Kier alpha value is -0.640. The Morgan fingerprint density at radius 2 is 1.78 bits per heavy atom. The SMILES string of the molecule is CC1CCN(S(=O)(=O)N2CCCC(C#N)C2)CC1. The predicted octanol–water partition coefficient (Wildman–Crippen LogP) is 1.20. The summed E-state index contributed by atoms with van der Waals surface area (Å²) in [6, 6.07) is 2.19. The Morgan fingerprint density at radius 3 is 2.39 bits per heavy atom. The molecule has 2 rings (SSSR count). The number of hydrogen-bond donors (Lipinski definition) is 0. The highest BCUT2D eigenvalue weighted by atomic mass is 32.2. The summed E-state index contributed by atoms with van der Waals surface area (Å²) in [5.74, 6) is 0.474. The minimum Gasteiger partial charge on any atom is -0.198 e. The lowest BCUT2D eigenvalue weighted by atomic mass is 10.0. The average Bonchev–Trinajstić information content (AvgIpc) is 2.39. The lowest BCUT2D eigenvalue weighted by Gasteiger charge is -2.36. The maximum Gasteiger partial charge on any atom is 0.282 e. The molecule has 102 valence electrons. The molecule has 2 fully saturated rings. The molecule has 2 aliphatic heterocycles. The van der Waals surface area contributed by atoms with Gasteiger partial charge < -0.3 is 0 Å². The van der Waals surface area contributed by atoms with Crippen LogP contribution in [0.1, 0.15) is 32.6 Å². The number of nitriles is 1. The molecule has 6 heteroatoms. The zero-order valence-electron chi connectivity index (χ0n) is 10.9. The van der Waals surface area contributed by atoms with E-state index < -0.39 is 10.2 Å². The van der Waals surface area contributed by atoms with E-state index in [2.05, 4.69) is 13.0 Å². The van der Waals surface area contributed by atoms with E-state index in [0.717, 1.165) is 25.7 Å². The maximum absolute atomic E-state index is 12.5. The Morgan fingerprint density at radius 1 is 1.11 bits per heavy atom. The normalized spacial score (nSPS) is 29.0. The molecular formula is C12H21N3O2S. The van der Waals surface area contributed by atoms with Gasteiger partial charge in [0, 0.05) is 26.2 Å². The summed E-state index contributed by atoms with van der Waals surface area (Å²) in [6.45, 7) is 4.34. The summed E-state index contributed by atoms with van der Waals surface area (Å²) in [4.78, 5) is 0. The van der Waals surface area contributed by atoms with Crippen molar-refractivity contribution in [2.24, 2.45) is 11.8 Å². The fraction of sp³-hybridized carbons (Fsp3) is 0.917. The van der Waals surface area contributed by atoms with Gasteiger partial charge in [0.1, 0.15) is 0 Å². The Labute approximate surface area is 110 Å². The zero-order valence-corrected chi connectivity index (χ0v) is 11.7. The first-order valence-electron chi connectivity index (χ1n) is 6.69. The van der Waals surface area contributed by atoms with Crippen molar-refractivity contribution in [2.75, 3.05) is 26.2 Å². The van der Waals surface area contributed by atoms with E-state index in [1.54, 1.807) is 4.31 Å². The Balaban J connectivity index is 2.04. The van der Waals surface area contributed by atoms with Gasteiger partial charge in [0.2, 0.25) is 0 Å². The third-order valence-electron chi connectivity index (χ3n) is 3.96. The molecule has 2 aliphatic rings. The molecule has 2 saturated heterocycles. The molecule has 0 bridgehead atoms. The van der Waals surface area contributed by atoms with Gasteiger partial charge >= 0.3 is 0 Å². The largest absolute Gasteiger partial charge is 0.282 e. The van der Waals surface area contributed by atoms with Crippen LogP contribution in [-0.2, 0) is 10.2 Å². The smallest absolute Gasteiger partial charge is 0.198 e. The molecule has 0 aromatic heterocycles. The highest BCUT2D eigenvalue weighted by molar-refractivity contribution is 7.86. The Bertz CT molecular complexity index is 421. The number of piperidine rings is 2. The lowest BCUT2D eigenvalue weighted by Crippen LogP contribution is -2.49. The van der Waals surface area contributed by atoms with Crippen molar-refractivity contribution in [1.29, 1.82) is 5.26 Å². The minimum atomic E-state index is -3.34. The van der Waals surface area contributed by atoms with Crippen molar-refractivity contribution in [3.05, 3.63) is 0 Å². The summed E-state index contributed by atoms with van der Waals surface area (Å²) in [6.07, 6.45) is 3.49. The predicted molar refractivity (Wildman–Crippen MR) is 68.8 cm³/mol. The third-order valence-corrected chi connectivity index (χ3v) is 5.96. The summed E-state index contributed by atoms with van der Waals surface area (Å²) in [5, 5.41) is 8.93. The van der Waals surface area contributed by atoms with Crippen LogP contribution in [0.2, 0.25) is 0 Å². The molecule has 0 aromatic rings. The van der Waals surface area contributed by atoms with Crippen LogP contribution in [-0.4, -0.2) is 43.2 Å². The fourth-order valence-electron chi connectivity index (χ4n) is 2.64. The summed E-state index contributed by atoms with van der Waals surface area (Å²) < 4.78 is 28.0. The van der Waals surface area contributed by atoms with Crippen LogP contribution < -0.4 is 0 Å². The molecule has 0 spiro atoms. The lowest BCUT2D eigenvalue weighted by molar-refractivity contribution is 0.242. The molecule has 0 N–H and O–H groups in total. The van der Waals surface area contributed by atoms with Gasteiger partial charge in [-0.05, 0) is 31.6 Å². The molecular weight excluding hydrogens is 250 g/mol. The van der Waals surface area contributed by atoms with E-state index in [9.17, 15) is 8.42 Å². The molecule has 1 unspecified atom stereocenters. The quantitative estimate of drug-likeness (QED) is 0.758. The van der Waals surface area contributed by atoms with Gasteiger partial charge in [0.25, 0.3) is 10.2 Å². The molecule has 0 amide bonds. The molecule has 5 nitrogen and oxygen atoms in total. The van der Waals surface area contributed by atoms with E-state index in [0.29, 0.717) is 32.1 Å². The first kappa shape index (κ1) is 13.8. The zero-order chi connectivity index (χ0) is 13.2. The van der Waals surface area contributed by atoms with E-state index in [4.69, 9.17) is 5.26 Å². The first-order chi connectivity index (χ1) is 8.54. The van der Waals surface area contributed by atoms with Crippen molar-refractivity contribution in [3.8, 4) is 6.07 Å². The highest BCUT2D eigenvalue weighted by Gasteiger charge is 2.34. The van der Waals surface area contributed by atoms with Crippen LogP contribution >= 0.6 is 0 Å². The van der Waals surface area contributed by atoms with E-state index in [1.165, 1.54) is 4.31 Å². The van der Waals surface area contributed by atoms with Crippen molar-refractivity contribution in [2.45, 2.75) is 32.6 Å². The summed E-state index contributed by atoms with van der Waals surface area (Å²) >= 11 is 0. The van der Waals surface area contributed by atoms with Crippen LogP contribution in [0.25, 0.3) is 0 Å². The standard InChI is InChI=1S/C12H21N3O2S/c1-11-4-7-14(8-5-11)18(16,17)15-6-2-3-12(9-13)10-15/h11-12H,2-8,10H2,1H3. The van der Waals surface area contributed by atoms with Crippen LogP contribution in [0.5, 0.6) is 0 Å². The minimum absolute atomic E-state index is 0.141. The van der Waals surface area contributed by atoms with Crippen molar-refractivity contribution < 1.29 is 8.42 Å². The second-order valence-electron chi connectivity index (χ2n) is 5.42. The van der Waals surface area contributed by atoms with E-state index >= 15 is 0 Å². The number of nitrogens with zero attached hydrogens (tertiary/aromatic N) is 3. The second kappa shape index (κ2) is 5.55. The highest BCUT2D eigenvalue weighted by Crippen LogP contribution is 2.24. The maximum atomic E-state index is 12.5. The molecule has 0 radical (unpaired) electrons. The van der Waals surface area contributed by atoms with Gasteiger partial charge in [-0.25, -0.2) is 0 Å². The van der Waals surface area contributed by atoms with Crippen molar-refractivity contribution >= 4 is 10.2 Å². The second-order valence-corrected chi connectivity index (χ2v) is 7.34. The molecule has 0 aliphatic carbocycles. The van der Waals surface area contributed by atoms with Crippen molar-refractivity contribution in [1.82, 2.24) is 8.61 Å².